The van der Waals surface area contributed by atoms with E-state index in [1.54, 1.807) is 13.0 Å². The lowest BCUT2D eigenvalue weighted by molar-refractivity contribution is -0.150. The second-order valence-electron chi connectivity index (χ2n) is 15.6. The van der Waals surface area contributed by atoms with Gasteiger partial charge in [0.15, 0.2) is 0 Å². The van der Waals surface area contributed by atoms with Crippen molar-refractivity contribution in [2.45, 2.75) is 116 Å². The predicted octanol–water partition coefficient (Wildman–Crippen LogP) is 5.84. The van der Waals surface area contributed by atoms with Crippen molar-refractivity contribution in [2.24, 2.45) is 40.9 Å². The van der Waals surface area contributed by atoms with Crippen molar-refractivity contribution in [3.63, 3.8) is 0 Å². The number of nitrogens with one attached hydrogen (secondary N) is 2. The Hall–Kier alpha value is -3.28. The number of carbonyl (C=O) groups is 3. The summed E-state index contributed by atoms with van der Waals surface area (Å²) in [6.07, 6.45) is 10.4. The molecule has 0 unspecified atom stereocenters. The Morgan fingerprint density at radius 1 is 0.956 bits per heavy atom. The summed E-state index contributed by atoms with van der Waals surface area (Å²) in [5.74, 6) is 1.64. The molecule has 0 spiro atoms. The van der Waals surface area contributed by atoms with Crippen LogP contribution in [-0.2, 0) is 9.59 Å². The summed E-state index contributed by atoms with van der Waals surface area (Å²) in [5, 5.41) is 26.3. The number of hydrogen-bond donors (Lipinski definition) is 3. The van der Waals surface area contributed by atoms with E-state index in [0.717, 1.165) is 38.5 Å². The van der Waals surface area contributed by atoms with Crippen molar-refractivity contribution in [3.05, 3.63) is 23.3 Å². The van der Waals surface area contributed by atoms with Crippen LogP contribution < -0.4 is 20.1 Å². The summed E-state index contributed by atoms with van der Waals surface area (Å²) < 4.78 is 11.8. The van der Waals surface area contributed by atoms with Crippen LogP contribution in [0.25, 0.3) is 0 Å². The third-order valence-corrected chi connectivity index (χ3v) is 12.0. The minimum atomic E-state index is -0.805. The third-order valence-electron chi connectivity index (χ3n) is 12.0. The Morgan fingerprint density at radius 3 is 2.24 bits per heavy atom. The van der Waals surface area contributed by atoms with Crippen molar-refractivity contribution in [2.75, 3.05) is 7.11 Å². The number of nitriles is 1. The standard InChI is InChI=1S/C36H49N3O6/c1-20-11-22-12-21(2)17-36(16-20,18-22)39-33(41)30-23-5-6-24(13-23)31(30)38-32(40)27-15-28(25(19-37)14-29(27)44-4)45-26-7-9-35(3,10-8-26)34(42)43/h14-15,20-24,26,30-31H,5-13,16-18H2,1-4H3,(H,38,40)(H,39,41)(H,42,43)/t20-,21-,22?,23-,24+,26-,30+,31-,35+,36?/m1/s1. The number of benzene rings is 1. The zero-order valence-electron chi connectivity index (χ0n) is 27.2. The Morgan fingerprint density at radius 2 is 1.62 bits per heavy atom. The minimum Gasteiger partial charge on any atom is -0.496 e. The number of fused-ring (bicyclic) bond motifs is 4. The van der Waals surface area contributed by atoms with E-state index >= 15 is 0 Å². The number of carboxylic acids is 1. The van der Waals surface area contributed by atoms with Crippen molar-refractivity contribution in [1.29, 1.82) is 5.26 Å². The molecule has 3 N–H and O–H groups in total. The van der Waals surface area contributed by atoms with Crippen LogP contribution in [0.4, 0.5) is 0 Å². The lowest BCUT2D eigenvalue weighted by Gasteiger charge is -2.51. The Kier molecular flexibility index (Phi) is 8.56. The number of aliphatic carboxylic acids is 1. The first-order valence-corrected chi connectivity index (χ1v) is 17.1. The molecule has 45 heavy (non-hydrogen) atoms. The molecule has 0 heterocycles. The molecule has 244 valence electrons. The fourth-order valence-electron chi connectivity index (χ4n) is 10.1. The molecule has 1 aromatic rings. The lowest BCUT2D eigenvalue weighted by atomic mass is 9.61. The second-order valence-corrected chi connectivity index (χ2v) is 15.6. The summed E-state index contributed by atoms with van der Waals surface area (Å²) in [7, 11) is 1.47. The first-order valence-electron chi connectivity index (χ1n) is 17.1. The predicted molar refractivity (Wildman–Crippen MR) is 168 cm³/mol. The number of carboxylic acid groups (broad SMARTS) is 1. The van der Waals surface area contributed by atoms with E-state index in [1.807, 2.05) is 0 Å². The molecule has 4 bridgehead atoms. The van der Waals surface area contributed by atoms with E-state index in [4.69, 9.17) is 9.47 Å². The number of hydrogen-bond acceptors (Lipinski definition) is 6. The fraction of sp³-hybridized carbons (Fsp3) is 0.722. The number of nitrogens with zero attached hydrogens (tertiary/aromatic N) is 1. The average Bonchev–Trinajstić information content (AvgIpc) is 3.59. The molecule has 6 rings (SSSR count). The van der Waals surface area contributed by atoms with Gasteiger partial charge in [-0.1, -0.05) is 13.8 Å². The molecule has 6 atom stereocenters. The van der Waals surface area contributed by atoms with Crippen LogP contribution in [0.15, 0.2) is 12.1 Å². The molecule has 9 nitrogen and oxygen atoms in total. The van der Waals surface area contributed by atoms with Gasteiger partial charge in [-0.2, -0.15) is 5.26 Å². The van der Waals surface area contributed by atoms with Crippen LogP contribution >= 0.6 is 0 Å². The molecule has 5 aliphatic rings. The smallest absolute Gasteiger partial charge is 0.309 e. The average molecular weight is 620 g/mol. The van der Waals surface area contributed by atoms with Gasteiger partial charge >= 0.3 is 5.97 Å². The summed E-state index contributed by atoms with van der Waals surface area (Å²) in [6.45, 7) is 6.38. The van der Waals surface area contributed by atoms with Gasteiger partial charge in [-0.05, 0) is 120 Å². The molecule has 0 saturated heterocycles. The first-order chi connectivity index (χ1) is 21.4. The summed E-state index contributed by atoms with van der Waals surface area (Å²) in [4.78, 5) is 39.8. The molecule has 5 fully saturated rings. The van der Waals surface area contributed by atoms with Gasteiger partial charge < -0.3 is 25.2 Å². The highest BCUT2D eigenvalue weighted by Gasteiger charge is 2.54. The number of methoxy groups -OCH3 is 1. The molecule has 5 saturated carbocycles. The number of amides is 2. The highest BCUT2D eigenvalue weighted by Crippen LogP contribution is 2.51. The van der Waals surface area contributed by atoms with Gasteiger partial charge in [0.25, 0.3) is 5.91 Å². The minimum absolute atomic E-state index is 0.0934. The molecular formula is C36H49N3O6. The van der Waals surface area contributed by atoms with Crippen LogP contribution in [0.3, 0.4) is 0 Å². The highest BCUT2D eigenvalue weighted by molar-refractivity contribution is 5.98. The zero-order valence-corrected chi connectivity index (χ0v) is 27.2. The molecule has 0 radical (unpaired) electrons. The quantitative estimate of drug-likeness (QED) is 0.332. The van der Waals surface area contributed by atoms with Crippen LogP contribution in [0.2, 0.25) is 0 Å². The van der Waals surface area contributed by atoms with Gasteiger partial charge in [-0.3, -0.25) is 14.4 Å². The Labute approximate surface area is 266 Å². The molecule has 0 aromatic heterocycles. The van der Waals surface area contributed by atoms with E-state index < -0.39 is 11.4 Å². The normalized spacial score (nSPS) is 38.6. The molecular weight excluding hydrogens is 570 g/mol. The van der Waals surface area contributed by atoms with Gasteiger partial charge in [0.2, 0.25) is 5.91 Å². The maximum Gasteiger partial charge on any atom is 0.309 e. The van der Waals surface area contributed by atoms with Gasteiger partial charge in [0, 0.05) is 17.6 Å². The Bertz CT molecular complexity index is 1360. The first kappa shape index (κ1) is 31.7. The SMILES string of the molecule is COc1cc(C#N)c(O[C@H]2CC[C@@](C)(C(=O)O)CC2)cc1C(=O)N[C@@H]1[C@H]2CC[C@H](C2)[C@@H]1C(=O)NC12CC(C[C@@H](C)C1)C[C@@H](C)C2. The number of ether oxygens (including phenoxy) is 2. The van der Waals surface area contributed by atoms with Gasteiger partial charge in [-0.25, -0.2) is 0 Å². The van der Waals surface area contributed by atoms with Gasteiger partial charge in [-0.15, -0.1) is 0 Å². The van der Waals surface area contributed by atoms with E-state index in [2.05, 4.69) is 30.6 Å². The molecule has 5 aliphatic carbocycles. The van der Waals surface area contributed by atoms with E-state index in [9.17, 15) is 24.8 Å². The molecule has 1 aromatic carbocycles. The van der Waals surface area contributed by atoms with Crippen molar-refractivity contribution < 1.29 is 29.0 Å². The van der Waals surface area contributed by atoms with E-state index in [0.29, 0.717) is 49.2 Å². The zero-order chi connectivity index (χ0) is 32.1. The maximum atomic E-state index is 14.1. The number of rotatable bonds is 8. The van der Waals surface area contributed by atoms with Crippen molar-refractivity contribution in [3.8, 4) is 17.6 Å². The summed E-state index contributed by atoms with van der Waals surface area (Å²) >= 11 is 0. The fourth-order valence-corrected chi connectivity index (χ4v) is 10.1. The summed E-state index contributed by atoms with van der Waals surface area (Å²) in [5.41, 5.74) is -0.397. The highest BCUT2D eigenvalue weighted by atomic mass is 16.5. The van der Waals surface area contributed by atoms with Crippen LogP contribution in [0.5, 0.6) is 11.5 Å². The lowest BCUT2D eigenvalue weighted by Crippen LogP contribution is -2.60. The number of carbonyl (C=O) groups excluding carboxylic acids is 2. The van der Waals surface area contributed by atoms with E-state index in [-0.39, 0.29) is 64.1 Å². The molecule has 9 heteroatoms. The third kappa shape index (κ3) is 6.14. The van der Waals surface area contributed by atoms with Crippen molar-refractivity contribution >= 4 is 17.8 Å². The summed E-state index contributed by atoms with van der Waals surface area (Å²) in [6, 6.07) is 5.00. The second kappa shape index (κ2) is 12.1. The molecule has 2 amide bonds. The van der Waals surface area contributed by atoms with Crippen LogP contribution in [0.1, 0.15) is 114 Å². The van der Waals surface area contributed by atoms with Crippen LogP contribution in [-0.4, -0.2) is 47.7 Å². The van der Waals surface area contributed by atoms with Gasteiger partial charge in [0.1, 0.15) is 17.6 Å². The van der Waals surface area contributed by atoms with Crippen LogP contribution in [0, 0.1) is 52.3 Å². The largest absolute Gasteiger partial charge is 0.496 e. The van der Waals surface area contributed by atoms with Gasteiger partial charge in [0.05, 0.1) is 35.7 Å². The van der Waals surface area contributed by atoms with Crippen molar-refractivity contribution in [1.82, 2.24) is 10.6 Å². The maximum absolute atomic E-state index is 14.1. The van der Waals surface area contributed by atoms with E-state index in [1.165, 1.54) is 26.0 Å². The topological polar surface area (TPSA) is 138 Å². The monoisotopic (exact) mass is 619 g/mol. The Balaban J connectivity index is 1.19. The molecule has 0 aliphatic heterocycles.